The van der Waals surface area contributed by atoms with E-state index in [1.54, 1.807) is 0 Å². The van der Waals surface area contributed by atoms with Gasteiger partial charge in [0.25, 0.3) is 0 Å². The van der Waals surface area contributed by atoms with Crippen molar-refractivity contribution in [2.75, 3.05) is 0 Å². The lowest BCUT2D eigenvalue weighted by molar-refractivity contribution is 0.0758. The van der Waals surface area contributed by atoms with Crippen LogP contribution in [0.15, 0.2) is 0 Å². The van der Waals surface area contributed by atoms with Gasteiger partial charge in [-0.1, -0.05) is 74.7 Å². The van der Waals surface area contributed by atoms with E-state index in [9.17, 15) is 0 Å². The lowest BCUT2D eigenvalue weighted by Crippen LogP contribution is -2.33. The van der Waals surface area contributed by atoms with E-state index in [4.69, 9.17) is 0 Å². The summed E-state index contributed by atoms with van der Waals surface area (Å²) >= 11 is 0. The Morgan fingerprint density at radius 3 is 1.75 bits per heavy atom. The first-order valence-electron chi connectivity index (χ1n) is 7.16. The molecule has 0 aromatic rings. The van der Waals surface area contributed by atoms with Gasteiger partial charge in [0.2, 0.25) is 0 Å². The maximum atomic E-state index is 2.50. The molecular formula is C16H34. The topological polar surface area (TPSA) is 0 Å². The van der Waals surface area contributed by atoms with Crippen molar-refractivity contribution in [3.05, 3.63) is 0 Å². The van der Waals surface area contributed by atoms with Crippen molar-refractivity contribution in [1.82, 2.24) is 0 Å². The molecule has 0 saturated heterocycles. The third-order valence-corrected chi connectivity index (χ3v) is 4.44. The van der Waals surface area contributed by atoms with Crippen LogP contribution in [0, 0.1) is 22.7 Å². The van der Waals surface area contributed by atoms with Crippen LogP contribution in [0.25, 0.3) is 0 Å². The Balaban J connectivity index is 4.67. The van der Waals surface area contributed by atoms with E-state index >= 15 is 0 Å². The second kappa shape index (κ2) is 6.07. The molecule has 0 heterocycles. The van der Waals surface area contributed by atoms with Crippen molar-refractivity contribution in [2.45, 2.75) is 81.1 Å². The summed E-state index contributed by atoms with van der Waals surface area (Å²) in [6.45, 7) is 19.2. The summed E-state index contributed by atoms with van der Waals surface area (Å²) in [5, 5.41) is 0. The first kappa shape index (κ1) is 16.0. The SMILES string of the molecule is CCCC(C)C(C)C(C)(CC)CC(C)(C)C. The quantitative estimate of drug-likeness (QED) is 0.528. The van der Waals surface area contributed by atoms with Crippen LogP contribution < -0.4 is 0 Å². The third-order valence-electron chi connectivity index (χ3n) is 4.44. The van der Waals surface area contributed by atoms with Crippen LogP contribution in [0.2, 0.25) is 0 Å². The van der Waals surface area contributed by atoms with Gasteiger partial charge >= 0.3 is 0 Å². The number of hydrogen-bond acceptors (Lipinski definition) is 0. The normalized spacial score (nSPS) is 20.2. The standard InChI is InChI=1S/C16H34/c1-9-11-13(3)14(4)16(8,10-2)12-15(5,6)7/h13-14H,9-12H2,1-8H3. The monoisotopic (exact) mass is 226 g/mol. The largest absolute Gasteiger partial charge is 0.0654 e. The third kappa shape index (κ3) is 4.89. The van der Waals surface area contributed by atoms with Gasteiger partial charge in [-0.15, -0.1) is 0 Å². The number of hydrogen-bond donors (Lipinski definition) is 0. The Labute approximate surface area is 104 Å². The van der Waals surface area contributed by atoms with Gasteiger partial charge in [0.1, 0.15) is 0 Å². The van der Waals surface area contributed by atoms with Crippen LogP contribution in [0.1, 0.15) is 81.1 Å². The maximum absolute atomic E-state index is 2.50. The highest BCUT2D eigenvalue weighted by Crippen LogP contribution is 2.45. The molecule has 0 radical (unpaired) electrons. The molecule has 16 heavy (non-hydrogen) atoms. The van der Waals surface area contributed by atoms with Gasteiger partial charge in [-0.25, -0.2) is 0 Å². The van der Waals surface area contributed by atoms with Crippen LogP contribution in [0.4, 0.5) is 0 Å². The zero-order chi connectivity index (χ0) is 13.0. The first-order chi connectivity index (χ1) is 7.16. The first-order valence-corrected chi connectivity index (χ1v) is 7.16. The van der Waals surface area contributed by atoms with E-state index in [1.807, 2.05) is 0 Å². The molecule has 0 aromatic heterocycles. The van der Waals surface area contributed by atoms with Crippen molar-refractivity contribution in [1.29, 1.82) is 0 Å². The summed E-state index contributed by atoms with van der Waals surface area (Å²) in [4.78, 5) is 0. The molecule has 3 atom stereocenters. The summed E-state index contributed by atoms with van der Waals surface area (Å²) in [6.07, 6.45) is 5.34. The van der Waals surface area contributed by atoms with Crippen LogP contribution in [-0.2, 0) is 0 Å². The minimum Gasteiger partial charge on any atom is -0.0654 e. The van der Waals surface area contributed by atoms with Gasteiger partial charge in [0.05, 0.1) is 0 Å². The summed E-state index contributed by atoms with van der Waals surface area (Å²) in [7, 11) is 0. The Hall–Kier alpha value is 0. The maximum Gasteiger partial charge on any atom is -0.0295 e. The van der Waals surface area contributed by atoms with Gasteiger partial charge in [0.15, 0.2) is 0 Å². The molecule has 0 N–H and O–H groups in total. The van der Waals surface area contributed by atoms with E-state index in [0.29, 0.717) is 10.8 Å². The predicted molar refractivity (Wildman–Crippen MR) is 75.7 cm³/mol. The average Bonchev–Trinajstić information content (AvgIpc) is 2.14. The number of rotatable bonds is 6. The van der Waals surface area contributed by atoms with E-state index in [0.717, 1.165) is 11.8 Å². The molecule has 0 rings (SSSR count). The van der Waals surface area contributed by atoms with Crippen molar-refractivity contribution >= 4 is 0 Å². The van der Waals surface area contributed by atoms with Crippen LogP contribution in [0.5, 0.6) is 0 Å². The van der Waals surface area contributed by atoms with Gasteiger partial charge in [-0.05, 0) is 29.1 Å². The molecule has 0 spiro atoms. The van der Waals surface area contributed by atoms with Crippen molar-refractivity contribution in [3.8, 4) is 0 Å². The molecule has 0 aliphatic heterocycles. The fourth-order valence-corrected chi connectivity index (χ4v) is 3.21. The molecule has 0 fully saturated rings. The summed E-state index contributed by atoms with van der Waals surface area (Å²) in [6, 6.07) is 0. The smallest absolute Gasteiger partial charge is 0.0295 e. The zero-order valence-electron chi connectivity index (χ0n) is 13.0. The average molecular weight is 226 g/mol. The lowest BCUT2D eigenvalue weighted by Gasteiger charge is -2.42. The Morgan fingerprint density at radius 1 is 0.938 bits per heavy atom. The molecule has 0 amide bonds. The highest BCUT2D eigenvalue weighted by atomic mass is 14.4. The van der Waals surface area contributed by atoms with Crippen molar-refractivity contribution < 1.29 is 0 Å². The van der Waals surface area contributed by atoms with E-state index < -0.39 is 0 Å². The Kier molecular flexibility index (Phi) is 6.07. The van der Waals surface area contributed by atoms with Gasteiger partial charge in [-0.2, -0.15) is 0 Å². The van der Waals surface area contributed by atoms with E-state index in [1.165, 1.54) is 25.7 Å². The minimum absolute atomic E-state index is 0.449. The van der Waals surface area contributed by atoms with Crippen molar-refractivity contribution in [3.63, 3.8) is 0 Å². The summed E-state index contributed by atoms with van der Waals surface area (Å²) < 4.78 is 0. The lowest BCUT2D eigenvalue weighted by atomic mass is 9.63. The zero-order valence-corrected chi connectivity index (χ0v) is 13.0. The Bertz CT molecular complexity index is 187. The van der Waals surface area contributed by atoms with Crippen molar-refractivity contribution in [2.24, 2.45) is 22.7 Å². The molecule has 3 unspecified atom stereocenters. The second-order valence-corrected chi connectivity index (χ2v) is 7.30. The summed E-state index contributed by atoms with van der Waals surface area (Å²) in [5.74, 6) is 1.69. The minimum atomic E-state index is 0.449. The fraction of sp³-hybridized carbons (Fsp3) is 1.00. The predicted octanol–water partition coefficient (Wildman–Crippen LogP) is 5.91. The molecular weight excluding hydrogens is 192 g/mol. The van der Waals surface area contributed by atoms with Crippen LogP contribution in [0.3, 0.4) is 0 Å². The van der Waals surface area contributed by atoms with Gasteiger partial charge < -0.3 is 0 Å². The molecule has 0 saturated carbocycles. The second-order valence-electron chi connectivity index (χ2n) is 7.30. The summed E-state index contributed by atoms with van der Waals surface area (Å²) in [5.41, 5.74) is 0.956. The highest BCUT2D eigenvalue weighted by molar-refractivity contribution is 4.85. The Morgan fingerprint density at radius 2 is 1.44 bits per heavy atom. The molecule has 0 bridgehead atoms. The van der Waals surface area contributed by atoms with Gasteiger partial charge in [0, 0.05) is 0 Å². The van der Waals surface area contributed by atoms with Gasteiger partial charge in [-0.3, -0.25) is 0 Å². The van der Waals surface area contributed by atoms with Crippen LogP contribution >= 0.6 is 0 Å². The molecule has 0 nitrogen and oxygen atoms in total. The molecule has 0 heteroatoms. The molecule has 98 valence electrons. The van der Waals surface area contributed by atoms with Crippen LogP contribution in [-0.4, -0.2) is 0 Å². The highest BCUT2D eigenvalue weighted by Gasteiger charge is 2.35. The van der Waals surface area contributed by atoms with E-state index in [2.05, 4.69) is 55.4 Å². The van der Waals surface area contributed by atoms with E-state index in [-0.39, 0.29) is 0 Å². The molecule has 0 aliphatic carbocycles. The molecule has 0 aromatic carbocycles. The molecule has 0 aliphatic rings. The fourth-order valence-electron chi connectivity index (χ4n) is 3.21.